The van der Waals surface area contributed by atoms with Crippen molar-refractivity contribution in [2.24, 2.45) is 0 Å². The Balaban J connectivity index is 2.61. The van der Waals surface area contributed by atoms with Crippen LogP contribution in [0.15, 0.2) is 18.2 Å². The minimum Gasteiger partial charge on any atom is -0.481 e. The zero-order valence-corrected chi connectivity index (χ0v) is 22.2. The van der Waals surface area contributed by atoms with Crippen molar-refractivity contribution in [3.05, 3.63) is 29.3 Å². The van der Waals surface area contributed by atoms with E-state index in [0.717, 1.165) is 6.07 Å². The fraction of sp³-hybridized carbons (Fsp3) is 0.600. The summed E-state index contributed by atoms with van der Waals surface area (Å²) in [6, 6.07) is 2.03. The van der Waals surface area contributed by atoms with Crippen LogP contribution in [0.25, 0.3) is 0 Å². The number of carboxylic acid groups (broad SMARTS) is 1. The minimum absolute atomic E-state index is 0.0680. The van der Waals surface area contributed by atoms with Gasteiger partial charge in [-0.2, -0.15) is 39.5 Å². The Hall–Kier alpha value is -2.39. The second-order valence-corrected chi connectivity index (χ2v) is 9.86. The van der Waals surface area contributed by atoms with Crippen molar-refractivity contribution in [2.75, 3.05) is 11.9 Å². The monoisotopic (exact) mass is 619 g/mol. The van der Waals surface area contributed by atoms with Crippen molar-refractivity contribution < 1.29 is 58.9 Å². The molecule has 0 unspecified atom stereocenters. The molecule has 1 heterocycles. The van der Waals surface area contributed by atoms with E-state index in [1.165, 1.54) is 0 Å². The lowest BCUT2D eigenvalue weighted by molar-refractivity contribution is -0.309. The van der Waals surface area contributed by atoms with Crippen LogP contribution in [0.2, 0.25) is 0 Å². The molecule has 1 amide bonds. The van der Waals surface area contributed by atoms with Crippen molar-refractivity contribution >= 4 is 80.5 Å². The van der Waals surface area contributed by atoms with Gasteiger partial charge in [0.15, 0.2) is 0 Å². The molecule has 0 spiro atoms. The summed E-state index contributed by atoms with van der Waals surface area (Å²) in [5.74, 6) is -1.21. The molecule has 0 atom stereocenters. The molecule has 2 N–H and O–H groups in total. The van der Waals surface area contributed by atoms with Gasteiger partial charge in [-0.15, -0.1) is 0 Å². The lowest BCUT2D eigenvalue weighted by atomic mass is 9.26. The van der Waals surface area contributed by atoms with Gasteiger partial charge in [0.05, 0.1) is 68.3 Å². The smallest absolute Gasteiger partial charge is 0.434 e. The lowest BCUT2D eigenvalue weighted by Gasteiger charge is -2.74. The maximum Gasteiger partial charge on any atom is 0.434 e. The first-order valence-electron chi connectivity index (χ1n) is 11.9. The SMILES string of the molecule is [B]C1([B])N(Cc2ccc(C(F)(F)F)cc2NCCCC(=O)O)C([B])([B])C([B])([B])N(C(=O)OC(C(F)(F)F)C(F)(F)F)C1([B])[B]. The average Bonchev–Trinajstić information content (AvgIpc) is 2.80. The van der Waals surface area contributed by atoms with Crippen LogP contribution in [0.3, 0.4) is 0 Å². The molecule has 1 aliphatic rings. The van der Waals surface area contributed by atoms with Gasteiger partial charge in [0, 0.05) is 25.2 Å². The zero-order valence-electron chi connectivity index (χ0n) is 22.2. The number of hydrogen-bond donors (Lipinski definition) is 2. The molecule has 1 saturated heterocycles. The standard InChI is InChI=1S/C20H14B8F9N3O4/c21-17(22)19(25,26)40(13(43)44-12(15(32,33)34)16(35,36)37)20(27,28)18(23,24)39(17)7-8-3-4-9(14(29,30)31)6-10(8)38-5-1-2-11(41)42/h3-4,6,12,38H,1-2,5,7H2,(H,41,42). The fourth-order valence-electron chi connectivity index (χ4n) is 4.13. The maximum absolute atomic E-state index is 13.4. The van der Waals surface area contributed by atoms with Crippen molar-refractivity contribution in [3.63, 3.8) is 0 Å². The van der Waals surface area contributed by atoms with Gasteiger partial charge in [0.1, 0.15) is 0 Å². The normalized spacial score (nSPS) is 19.8. The van der Waals surface area contributed by atoms with E-state index in [1.807, 2.05) is 0 Å². The number of carbonyl (C=O) groups is 2. The number of carbonyl (C=O) groups excluding carboxylic acids is 1. The Morgan fingerprint density at radius 2 is 1.32 bits per heavy atom. The Labute approximate surface area is 256 Å². The molecule has 2 rings (SSSR count). The van der Waals surface area contributed by atoms with Crippen LogP contribution in [0.4, 0.5) is 50.0 Å². The first-order chi connectivity index (χ1) is 19.5. The quantitative estimate of drug-likeness (QED) is 0.254. The van der Waals surface area contributed by atoms with Gasteiger partial charge in [-0.05, 0) is 45.5 Å². The molecule has 44 heavy (non-hydrogen) atoms. The molecular weight excluding hydrogens is 604 g/mol. The molecule has 1 aromatic carbocycles. The Morgan fingerprint density at radius 3 is 1.73 bits per heavy atom. The second-order valence-electron chi connectivity index (χ2n) is 9.86. The number of anilines is 1. The highest BCUT2D eigenvalue weighted by molar-refractivity contribution is 6.60. The van der Waals surface area contributed by atoms with Crippen LogP contribution in [-0.4, -0.2) is 136 Å². The molecule has 0 aromatic heterocycles. The predicted molar refractivity (Wildman–Crippen MR) is 144 cm³/mol. The minimum atomic E-state index is -6.21. The van der Waals surface area contributed by atoms with Crippen LogP contribution >= 0.6 is 0 Å². The van der Waals surface area contributed by atoms with Crippen LogP contribution in [-0.2, 0) is 22.3 Å². The number of halogens is 9. The summed E-state index contributed by atoms with van der Waals surface area (Å²) in [6.07, 6.45) is -25.1. The van der Waals surface area contributed by atoms with E-state index >= 15 is 0 Å². The van der Waals surface area contributed by atoms with E-state index in [-0.39, 0.29) is 30.6 Å². The maximum atomic E-state index is 13.4. The summed E-state index contributed by atoms with van der Waals surface area (Å²) in [4.78, 5) is 23.4. The molecule has 1 aromatic rings. The molecule has 0 saturated carbocycles. The highest BCUT2D eigenvalue weighted by Crippen LogP contribution is 2.45. The van der Waals surface area contributed by atoms with E-state index in [0.29, 0.717) is 17.0 Å². The predicted octanol–water partition coefficient (Wildman–Crippen LogP) is 0.693. The first-order valence-corrected chi connectivity index (χ1v) is 11.9. The van der Waals surface area contributed by atoms with Gasteiger partial charge < -0.3 is 25.0 Å². The van der Waals surface area contributed by atoms with Gasteiger partial charge in [-0.25, -0.2) is 4.79 Å². The van der Waals surface area contributed by atoms with E-state index in [4.69, 9.17) is 67.9 Å². The third kappa shape index (κ3) is 7.35. The third-order valence-corrected chi connectivity index (χ3v) is 6.56. The van der Waals surface area contributed by atoms with Crippen LogP contribution in [0.1, 0.15) is 24.0 Å². The van der Waals surface area contributed by atoms with Gasteiger partial charge in [0.25, 0.3) is 6.10 Å². The molecule has 220 valence electrons. The van der Waals surface area contributed by atoms with Gasteiger partial charge in [0.2, 0.25) is 0 Å². The molecule has 16 radical (unpaired) electrons. The Morgan fingerprint density at radius 1 is 0.841 bits per heavy atom. The van der Waals surface area contributed by atoms with Crippen LogP contribution in [0, 0.1) is 0 Å². The average molecular weight is 618 g/mol. The summed E-state index contributed by atoms with van der Waals surface area (Å²) in [5, 5.41) is -1.54. The third-order valence-electron chi connectivity index (χ3n) is 6.56. The van der Waals surface area contributed by atoms with Crippen LogP contribution < -0.4 is 5.32 Å². The number of hydrogen-bond acceptors (Lipinski definition) is 5. The second kappa shape index (κ2) is 12.1. The summed E-state index contributed by atoms with van der Waals surface area (Å²) in [6.45, 7) is -1.08. The van der Waals surface area contributed by atoms with Gasteiger partial charge in [-0.3, -0.25) is 4.79 Å². The highest BCUT2D eigenvalue weighted by Gasteiger charge is 2.65. The lowest BCUT2D eigenvalue weighted by Crippen LogP contribution is -2.92. The van der Waals surface area contributed by atoms with Crippen molar-refractivity contribution in [3.8, 4) is 0 Å². The fourth-order valence-corrected chi connectivity index (χ4v) is 4.13. The largest absolute Gasteiger partial charge is 0.481 e. The van der Waals surface area contributed by atoms with E-state index < -0.39 is 75.1 Å². The molecular formula is C20H14B8F9N3O4. The number of piperazine rings is 1. The number of nitrogens with one attached hydrogen (secondary N) is 1. The Bertz CT molecular complexity index is 1200. The number of carboxylic acids is 1. The number of rotatable bonds is 8. The van der Waals surface area contributed by atoms with Gasteiger partial charge in [-0.1, -0.05) is 6.07 Å². The molecule has 7 nitrogen and oxygen atoms in total. The molecule has 1 aliphatic heterocycles. The number of aliphatic carboxylic acids is 1. The number of nitrogens with zero attached hydrogens (tertiary/aromatic N) is 2. The van der Waals surface area contributed by atoms with Crippen LogP contribution in [0.5, 0.6) is 0 Å². The number of alkyl halides is 9. The molecule has 24 heteroatoms. The number of benzene rings is 1. The number of ether oxygens (including phenoxy) is 1. The van der Waals surface area contributed by atoms with Crippen molar-refractivity contribution in [2.45, 2.75) is 65.4 Å². The van der Waals surface area contributed by atoms with Gasteiger partial charge >= 0.3 is 30.6 Å². The summed E-state index contributed by atoms with van der Waals surface area (Å²) >= 11 is 0. The number of amides is 1. The van der Waals surface area contributed by atoms with E-state index in [1.54, 1.807) is 0 Å². The van der Waals surface area contributed by atoms with E-state index in [2.05, 4.69) is 10.1 Å². The first kappa shape index (κ1) is 37.8. The van der Waals surface area contributed by atoms with E-state index in [9.17, 15) is 49.1 Å². The highest BCUT2D eigenvalue weighted by atomic mass is 19.4. The van der Waals surface area contributed by atoms with Crippen molar-refractivity contribution in [1.29, 1.82) is 0 Å². The Kier molecular flexibility index (Phi) is 10.4. The molecule has 0 bridgehead atoms. The topological polar surface area (TPSA) is 82.1 Å². The summed E-state index contributed by atoms with van der Waals surface area (Å²) < 4.78 is 122. The summed E-state index contributed by atoms with van der Waals surface area (Å²) in [5.41, 5.74) is -1.70. The summed E-state index contributed by atoms with van der Waals surface area (Å²) in [7, 11) is 47.4. The molecule has 0 aliphatic carbocycles. The van der Waals surface area contributed by atoms with Crippen molar-refractivity contribution in [1.82, 2.24) is 9.80 Å². The molecule has 1 fully saturated rings. The zero-order chi connectivity index (χ0) is 34.5.